The van der Waals surface area contributed by atoms with Crippen LogP contribution in [0.25, 0.3) is 16.9 Å². The summed E-state index contributed by atoms with van der Waals surface area (Å²) >= 11 is 0. The summed E-state index contributed by atoms with van der Waals surface area (Å²) in [6.45, 7) is 3.64. The Morgan fingerprint density at radius 3 is 2.97 bits per heavy atom. The number of benzene rings is 1. The molecule has 5 heterocycles. The van der Waals surface area contributed by atoms with Gasteiger partial charge in [-0.2, -0.15) is 4.68 Å². The monoisotopic (exact) mass is 447 g/mol. The predicted molar refractivity (Wildman–Crippen MR) is 113 cm³/mol. The summed E-state index contributed by atoms with van der Waals surface area (Å²) in [7, 11) is 0. The van der Waals surface area contributed by atoms with Gasteiger partial charge in [0, 0.05) is 37.6 Å². The van der Waals surface area contributed by atoms with Gasteiger partial charge < -0.3 is 14.2 Å². The summed E-state index contributed by atoms with van der Waals surface area (Å²) in [6, 6.07) is 9.57. The van der Waals surface area contributed by atoms with Crippen molar-refractivity contribution in [3.8, 4) is 5.82 Å². The molecule has 1 amide bonds. The minimum absolute atomic E-state index is 0.0760. The predicted octanol–water partition coefficient (Wildman–Crippen LogP) is 0.420. The highest BCUT2D eigenvalue weighted by atomic mass is 16.5. The maximum absolute atomic E-state index is 13.1. The topological polar surface area (TPSA) is 128 Å². The number of piperazine rings is 1. The quantitative estimate of drug-likeness (QED) is 0.434. The maximum atomic E-state index is 13.1. The van der Waals surface area contributed by atoms with Crippen LogP contribution in [0.3, 0.4) is 0 Å². The van der Waals surface area contributed by atoms with Crippen molar-refractivity contribution in [1.29, 1.82) is 0 Å². The molecule has 2 aliphatic heterocycles. The Kier molecular flexibility index (Phi) is 5.00. The Bertz CT molecular complexity index is 1260. The van der Waals surface area contributed by atoms with Crippen LogP contribution < -0.4 is 0 Å². The SMILES string of the molecule is O=C(Cc1ccc(-n2cnnn2)nc1)N1CCN2CCOC(c3ccc4onnc4c3)C2C1. The molecule has 2 aliphatic rings. The molecule has 4 aromatic rings. The summed E-state index contributed by atoms with van der Waals surface area (Å²) in [5, 5.41) is 18.7. The number of rotatable bonds is 4. The molecule has 0 radical (unpaired) electrons. The minimum Gasteiger partial charge on any atom is -0.370 e. The molecule has 0 spiro atoms. The van der Waals surface area contributed by atoms with Gasteiger partial charge in [0.2, 0.25) is 5.91 Å². The number of pyridine rings is 1. The van der Waals surface area contributed by atoms with E-state index < -0.39 is 0 Å². The first-order valence-corrected chi connectivity index (χ1v) is 10.8. The molecule has 2 saturated heterocycles. The largest absolute Gasteiger partial charge is 0.370 e. The number of carbonyl (C=O) groups excluding carboxylic acids is 1. The number of carbonyl (C=O) groups is 1. The second kappa shape index (κ2) is 8.30. The van der Waals surface area contributed by atoms with E-state index in [1.807, 2.05) is 29.2 Å². The molecule has 33 heavy (non-hydrogen) atoms. The van der Waals surface area contributed by atoms with E-state index in [1.165, 1.54) is 11.0 Å². The van der Waals surface area contributed by atoms with Crippen LogP contribution >= 0.6 is 0 Å². The number of hydrogen-bond acceptors (Lipinski definition) is 10. The zero-order valence-corrected chi connectivity index (χ0v) is 17.7. The van der Waals surface area contributed by atoms with Crippen LogP contribution in [0.5, 0.6) is 0 Å². The van der Waals surface area contributed by atoms with Crippen molar-refractivity contribution in [2.24, 2.45) is 0 Å². The Balaban J connectivity index is 1.16. The van der Waals surface area contributed by atoms with Crippen LogP contribution in [-0.4, -0.2) is 90.1 Å². The lowest BCUT2D eigenvalue weighted by Crippen LogP contribution is -2.60. The van der Waals surface area contributed by atoms with Gasteiger partial charge in [-0.3, -0.25) is 9.69 Å². The molecule has 0 aliphatic carbocycles. The smallest absolute Gasteiger partial charge is 0.227 e. The average Bonchev–Trinajstić information content (AvgIpc) is 3.56. The van der Waals surface area contributed by atoms with Gasteiger partial charge in [-0.1, -0.05) is 12.1 Å². The molecular formula is C21H21N9O3. The van der Waals surface area contributed by atoms with Gasteiger partial charge in [-0.15, -0.1) is 10.2 Å². The van der Waals surface area contributed by atoms with E-state index in [-0.39, 0.29) is 24.5 Å². The fourth-order valence-corrected chi connectivity index (χ4v) is 4.55. The van der Waals surface area contributed by atoms with Gasteiger partial charge in [-0.25, -0.2) is 4.98 Å². The van der Waals surface area contributed by atoms with Gasteiger partial charge in [0.05, 0.1) is 25.2 Å². The summed E-state index contributed by atoms with van der Waals surface area (Å²) in [5.74, 6) is 0.679. The van der Waals surface area contributed by atoms with E-state index in [9.17, 15) is 4.79 Å². The zero-order chi connectivity index (χ0) is 22.2. The first kappa shape index (κ1) is 19.9. The molecule has 168 valence electrons. The van der Waals surface area contributed by atoms with Crippen LogP contribution in [0.1, 0.15) is 17.2 Å². The molecule has 0 saturated carbocycles. The third-order valence-electron chi connectivity index (χ3n) is 6.26. The molecule has 2 fully saturated rings. The number of aromatic nitrogens is 7. The fraction of sp³-hybridized carbons (Fsp3) is 0.381. The number of ether oxygens (including phenoxy) is 1. The second-order valence-electron chi connectivity index (χ2n) is 8.19. The van der Waals surface area contributed by atoms with E-state index in [0.717, 1.165) is 24.2 Å². The van der Waals surface area contributed by atoms with E-state index in [4.69, 9.17) is 9.26 Å². The molecule has 0 N–H and O–H groups in total. The summed E-state index contributed by atoms with van der Waals surface area (Å²) in [4.78, 5) is 21.8. The van der Waals surface area contributed by atoms with Crippen molar-refractivity contribution in [1.82, 2.24) is 45.4 Å². The zero-order valence-electron chi connectivity index (χ0n) is 17.7. The van der Waals surface area contributed by atoms with Crippen molar-refractivity contribution >= 4 is 17.0 Å². The summed E-state index contributed by atoms with van der Waals surface area (Å²) < 4.78 is 12.8. The molecule has 0 bridgehead atoms. The van der Waals surface area contributed by atoms with Crippen molar-refractivity contribution in [3.63, 3.8) is 0 Å². The van der Waals surface area contributed by atoms with E-state index in [2.05, 4.69) is 35.8 Å². The van der Waals surface area contributed by atoms with Gasteiger partial charge in [0.25, 0.3) is 0 Å². The van der Waals surface area contributed by atoms with Crippen molar-refractivity contribution in [2.75, 3.05) is 32.8 Å². The average molecular weight is 447 g/mol. The summed E-state index contributed by atoms with van der Waals surface area (Å²) in [5.41, 5.74) is 3.21. The minimum atomic E-state index is -0.146. The highest BCUT2D eigenvalue weighted by Gasteiger charge is 2.38. The molecule has 3 aromatic heterocycles. The third kappa shape index (κ3) is 3.83. The third-order valence-corrected chi connectivity index (χ3v) is 6.26. The number of tetrazole rings is 1. The number of nitrogens with zero attached hydrogens (tertiary/aromatic N) is 9. The van der Waals surface area contributed by atoms with Crippen LogP contribution in [-0.2, 0) is 16.0 Å². The van der Waals surface area contributed by atoms with Crippen LogP contribution in [0.4, 0.5) is 0 Å². The Labute approximate surface area is 188 Å². The van der Waals surface area contributed by atoms with E-state index in [1.54, 1.807) is 12.3 Å². The van der Waals surface area contributed by atoms with Crippen molar-refractivity contribution in [2.45, 2.75) is 18.6 Å². The molecule has 12 heteroatoms. The lowest BCUT2D eigenvalue weighted by Gasteiger charge is -2.47. The standard InChI is InChI=1S/C21H21N9O3/c31-20(9-14-1-4-19(22-11-14)30-13-23-25-26-30)29-6-5-28-7-8-32-21(17(28)12-29)15-2-3-18-16(10-15)24-27-33-18/h1-4,10-11,13,17,21H,5-9,12H2. The van der Waals surface area contributed by atoms with Gasteiger partial charge in [0.1, 0.15) is 11.8 Å². The number of amides is 1. The van der Waals surface area contributed by atoms with Crippen molar-refractivity contribution < 1.29 is 14.1 Å². The Morgan fingerprint density at radius 1 is 1.15 bits per heavy atom. The molecule has 2 unspecified atom stereocenters. The van der Waals surface area contributed by atoms with Gasteiger partial charge >= 0.3 is 0 Å². The second-order valence-corrected chi connectivity index (χ2v) is 8.19. The first-order valence-electron chi connectivity index (χ1n) is 10.8. The fourth-order valence-electron chi connectivity index (χ4n) is 4.55. The van der Waals surface area contributed by atoms with Gasteiger partial charge in [0.15, 0.2) is 11.4 Å². The summed E-state index contributed by atoms with van der Waals surface area (Å²) in [6.07, 6.45) is 3.32. The highest BCUT2D eigenvalue weighted by Crippen LogP contribution is 2.32. The van der Waals surface area contributed by atoms with Crippen LogP contribution in [0.15, 0.2) is 47.4 Å². The van der Waals surface area contributed by atoms with E-state index >= 15 is 0 Å². The molecule has 6 rings (SSSR count). The molecular weight excluding hydrogens is 426 g/mol. The highest BCUT2D eigenvalue weighted by molar-refractivity contribution is 5.79. The number of fused-ring (bicyclic) bond motifs is 2. The number of morpholine rings is 1. The van der Waals surface area contributed by atoms with Crippen molar-refractivity contribution in [3.05, 3.63) is 54.0 Å². The van der Waals surface area contributed by atoms with E-state index in [0.29, 0.717) is 36.6 Å². The van der Waals surface area contributed by atoms with Gasteiger partial charge in [-0.05, 0) is 39.8 Å². The molecule has 1 aromatic carbocycles. The Hall–Kier alpha value is -3.77. The Morgan fingerprint density at radius 2 is 2.12 bits per heavy atom. The maximum Gasteiger partial charge on any atom is 0.227 e. The normalized spacial score (nSPS) is 21.3. The number of hydrogen-bond donors (Lipinski definition) is 0. The van der Waals surface area contributed by atoms with Crippen LogP contribution in [0, 0.1) is 0 Å². The molecule has 12 nitrogen and oxygen atoms in total. The van der Waals surface area contributed by atoms with Crippen LogP contribution in [0.2, 0.25) is 0 Å². The first-order chi connectivity index (χ1) is 16.2. The lowest BCUT2D eigenvalue weighted by atomic mass is 9.96. The molecule has 2 atom stereocenters. The lowest BCUT2D eigenvalue weighted by molar-refractivity contribution is -0.141.